The number of nitrogen functional groups attached to an aromatic ring is 1. The predicted molar refractivity (Wildman–Crippen MR) is 73.6 cm³/mol. The summed E-state index contributed by atoms with van der Waals surface area (Å²) in [4.78, 5) is 16.9. The molecule has 0 atom stereocenters. The van der Waals surface area contributed by atoms with E-state index in [1.165, 1.54) is 11.3 Å². The smallest absolute Gasteiger partial charge is 0.263 e. The number of nitrogens with zero attached hydrogens (tertiary/aromatic N) is 1. The fourth-order valence-electron chi connectivity index (χ4n) is 1.71. The van der Waals surface area contributed by atoms with Crippen LogP contribution in [0.4, 0.5) is 5.69 Å². The topological polar surface area (TPSA) is 68.0 Å². The van der Waals surface area contributed by atoms with Crippen LogP contribution in [0.5, 0.6) is 0 Å². The van der Waals surface area contributed by atoms with Crippen LogP contribution in [0.1, 0.15) is 25.9 Å². The molecule has 0 saturated carbocycles. The van der Waals surface area contributed by atoms with E-state index in [-0.39, 0.29) is 5.91 Å². The van der Waals surface area contributed by atoms with E-state index < -0.39 is 0 Å². The Kier molecular flexibility index (Phi) is 3.62. The van der Waals surface area contributed by atoms with Crippen molar-refractivity contribution in [3.63, 3.8) is 0 Å². The van der Waals surface area contributed by atoms with E-state index in [4.69, 9.17) is 5.73 Å². The third-order valence-electron chi connectivity index (χ3n) is 2.51. The molecule has 1 aromatic carbocycles. The first kappa shape index (κ1) is 12.6. The maximum Gasteiger partial charge on any atom is 0.263 e. The van der Waals surface area contributed by atoms with Gasteiger partial charge in [-0.3, -0.25) is 4.79 Å². The van der Waals surface area contributed by atoms with E-state index in [1.807, 2.05) is 38.1 Å². The first-order chi connectivity index (χ1) is 8.56. The van der Waals surface area contributed by atoms with Crippen LogP contribution in [-0.4, -0.2) is 10.9 Å². The molecule has 94 valence electrons. The first-order valence-corrected chi connectivity index (χ1v) is 6.44. The van der Waals surface area contributed by atoms with Gasteiger partial charge in [-0.25, -0.2) is 4.98 Å². The Morgan fingerprint density at radius 3 is 2.83 bits per heavy atom. The predicted octanol–water partition coefficient (Wildman–Crippen LogP) is 2.27. The van der Waals surface area contributed by atoms with E-state index in [0.29, 0.717) is 17.1 Å². The highest BCUT2D eigenvalue weighted by Crippen LogP contribution is 2.17. The molecule has 5 heteroatoms. The second-order valence-electron chi connectivity index (χ2n) is 4.08. The van der Waals surface area contributed by atoms with Crippen molar-refractivity contribution in [3.05, 3.63) is 45.4 Å². The summed E-state index contributed by atoms with van der Waals surface area (Å²) in [5.74, 6) is -0.0828. The van der Waals surface area contributed by atoms with Gasteiger partial charge in [-0.15, -0.1) is 11.3 Å². The van der Waals surface area contributed by atoms with Crippen LogP contribution in [0.25, 0.3) is 0 Å². The summed E-state index contributed by atoms with van der Waals surface area (Å²) in [7, 11) is 0. The Morgan fingerprint density at radius 2 is 2.22 bits per heavy atom. The van der Waals surface area contributed by atoms with Gasteiger partial charge < -0.3 is 11.1 Å². The number of thiazole rings is 1. The van der Waals surface area contributed by atoms with Crippen LogP contribution in [0, 0.1) is 13.8 Å². The molecule has 1 aromatic heterocycles. The number of anilines is 1. The Labute approximate surface area is 110 Å². The molecule has 0 spiro atoms. The summed E-state index contributed by atoms with van der Waals surface area (Å²) >= 11 is 1.41. The van der Waals surface area contributed by atoms with Gasteiger partial charge in [0.2, 0.25) is 0 Å². The van der Waals surface area contributed by atoms with Gasteiger partial charge in [-0.1, -0.05) is 12.1 Å². The second-order valence-corrected chi connectivity index (χ2v) is 5.28. The number of hydrogen-bond acceptors (Lipinski definition) is 4. The minimum Gasteiger partial charge on any atom is -0.399 e. The minimum atomic E-state index is -0.0828. The lowest BCUT2D eigenvalue weighted by Crippen LogP contribution is -2.22. The molecule has 0 radical (unpaired) electrons. The van der Waals surface area contributed by atoms with E-state index in [0.717, 1.165) is 16.3 Å². The molecule has 0 aliphatic carbocycles. The van der Waals surface area contributed by atoms with Crippen molar-refractivity contribution in [3.8, 4) is 0 Å². The van der Waals surface area contributed by atoms with Crippen molar-refractivity contribution in [2.24, 2.45) is 0 Å². The number of nitrogens with two attached hydrogens (primary N) is 1. The molecule has 18 heavy (non-hydrogen) atoms. The number of benzene rings is 1. The van der Waals surface area contributed by atoms with E-state index >= 15 is 0 Å². The summed E-state index contributed by atoms with van der Waals surface area (Å²) in [6.45, 7) is 4.21. The van der Waals surface area contributed by atoms with Gasteiger partial charge in [0.1, 0.15) is 4.88 Å². The van der Waals surface area contributed by atoms with Crippen molar-refractivity contribution in [1.82, 2.24) is 10.3 Å². The number of aromatic nitrogens is 1. The molecule has 0 bridgehead atoms. The molecule has 1 amide bonds. The number of nitrogens with one attached hydrogen (secondary N) is 1. The minimum absolute atomic E-state index is 0.0828. The largest absolute Gasteiger partial charge is 0.399 e. The number of amides is 1. The molecular formula is C13H15N3OS. The number of carbonyl (C=O) groups is 1. The molecule has 3 N–H and O–H groups in total. The van der Waals surface area contributed by atoms with Crippen molar-refractivity contribution < 1.29 is 4.79 Å². The van der Waals surface area contributed by atoms with Crippen molar-refractivity contribution in [2.45, 2.75) is 20.4 Å². The van der Waals surface area contributed by atoms with E-state index in [2.05, 4.69) is 10.3 Å². The van der Waals surface area contributed by atoms with Crippen molar-refractivity contribution in [2.75, 3.05) is 5.73 Å². The van der Waals surface area contributed by atoms with Gasteiger partial charge in [-0.2, -0.15) is 0 Å². The van der Waals surface area contributed by atoms with Gasteiger partial charge >= 0.3 is 0 Å². The number of hydrogen-bond donors (Lipinski definition) is 2. The fraction of sp³-hybridized carbons (Fsp3) is 0.231. The van der Waals surface area contributed by atoms with E-state index in [1.54, 1.807) is 0 Å². The van der Waals surface area contributed by atoms with Crippen LogP contribution in [0.15, 0.2) is 24.3 Å². The van der Waals surface area contributed by atoms with Gasteiger partial charge in [-0.05, 0) is 31.5 Å². The number of aryl methyl sites for hydroxylation is 2. The maximum atomic E-state index is 12.0. The van der Waals surface area contributed by atoms with Crippen LogP contribution in [0.2, 0.25) is 0 Å². The molecule has 0 fully saturated rings. The zero-order valence-corrected chi connectivity index (χ0v) is 11.2. The third kappa shape index (κ3) is 2.87. The standard InChI is InChI=1S/C13H15N3OS/c1-8-12(18-9(2)16-8)13(17)15-7-10-4-3-5-11(14)6-10/h3-6H,7,14H2,1-2H3,(H,15,17). The van der Waals surface area contributed by atoms with E-state index in [9.17, 15) is 4.79 Å². The Balaban J connectivity index is 2.03. The average Bonchev–Trinajstić information content (AvgIpc) is 2.66. The zero-order chi connectivity index (χ0) is 13.1. The normalized spacial score (nSPS) is 10.3. The quantitative estimate of drug-likeness (QED) is 0.833. The summed E-state index contributed by atoms with van der Waals surface area (Å²) in [5.41, 5.74) is 8.15. The maximum absolute atomic E-state index is 12.0. The second kappa shape index (κ2) is 5.18. The SMILES string of the molecule is Cc1nc(C)c(C(=O)NCc2cccc(N)c2)s1. The molecule has 0 aliphatic rings. The molecule has 4 nitrogen and oxygen atoms in total. The Hall–Kier alpha value is -1.88. The molecule has 0 aliphatic heterocycles. The number of carbonyl (C=O) groups excluding carboxylic acids is 1. The summed E-state index contributed by atoms with van der Waals surface area (Å²) in [5, 5.41) is 3.78. The highest BCUT2D eigenvalue weighted by atomic mass is 32.1. The lowest BCUT2D eigenvalue weighted by molar-refractivity contribution is 0.0954. The lowest BCUT2D eigenvalue weighted by Gasteiger charge is -2.05. The van der Waals surface area contributed by atoms with Crippen LogP contribution in [-0.2, 0) is 6.54 Å². The summed E-state index contributed by atoms with van der Waals surface area (Å²) in [6, 6.07) is 7.48. The third-order valence-corrected chi connectivity index (χ3v) is 3.59. The molecule has 2 aromatic rings. The van der Waals surface area contributed by atoms with Crippen LogP contribution < -0.4 is 11.1 Å². The number of rotatable bonds is 3. The van der Waals surface area contributed by atoms with Crippen molar-refractivity contribution >= 4 is 22.9 Å². The first-order valence-electron chi connectivity index (χ1n) is 5.63. The molecule has 1 heterocycles. The molecule has 2 rings (SSSR count). The van der Waals surface area contributed by atoms with Gasteiger partial charge in [0.05, 0.1) is 10.7 Å². The fourth-order valence-corrected chi connectivity index (χ4v) is 2.54. The van der Waals surface area contributed by atoms with Crippen LogP contribution >= 0.6 is 11.3 Å². The Bertz CT molecular complexity index is 577. The summed E-state index contributed by atoms with van der Waals surface area (Å²) < 4.78 is 0. The highest BCUT2D eigenvalue weighted by Gasteiger charge is 2.13. The average molecular weight is 261 g/mol. The van der Waals surface area contributed by atoms with Gasteiger partial charge in [0, 0.05) is 12.2 Å². The summed E-state index contributed by atoms with van der Waals surface area (Å²) in [6.07, 6.45) is 0. The van der Waals surface area contributed by atoms with Crippen LogP contribution in [0.3, 0.4) is 0 Å². The molecular weight excluding hydrogens is 246 g/mol. The highest BCUT2D eigenvalue weighted by molar-refractivity contribution is 7.13. The molecule has 0 unspecified atom stereocenters. The van der Waals surface area contributed by atoms with Crippen molar-refractivity contribution in [1.29, 1.82) is 0 Å². The lowest BCUT2D eigenvalue weighted by atomic mass is 10.2. The van der Waals surface area contributed by atoms with Gasteiger partial charge in [0.15, 0.2) is 0 Å². The molecule has 0 saturated heterocycles. The van der Waals surface area contributed by atoms with Gasteiger partial charge in [0.25, 0.3) is 5.91 Å². The monoisotopic (exact) mass is 261 g/mol. The zero-order valence-electron chi connectivity index (χ0n) is 10.4. The Morgan fingerprint density at radius 1 is 1.44 bits per heavy atom.